The summed E-state index contributed by atoms with van der Waals surface area (Å²) in [6.07, 6.45) is 3.38. The first-order valence-corrected chi connectivity index (χ1v) is 9.53. The van der Waals surface area contributed by atoms with E-state index in [0.717, 1.165) is 5.56 Å². The van der Waals surface area contributed by atoms with Crippen molar-refractivity contribution in [2.24, 2.45) is 0 Å². The number of benzene rings is 2. The molecule has 0 unspecified atom stereocenters. The monoisotopic (exact) mass is 400 g/mol. The van der Waals surface area contributed by atoms with Crippen molar-refractivity contribution in [2.75, 3.05) is 6.61 Å². The highest BCUT2D eigenvalue weighted by Gasteiger charge is 2.12. The molecule has 4 aromatic rings. The quantitative estimate of drug-likeness (QED) is 0.515. The Morgan fingerprint density at radius 1 is 0.967 bits per heavy atom. The largest absolute Gasteiger partial charge is 0.484 e. The first-order chi connectivity index (χ1) is 14.7. The molecule has 2 aromatic carbocycles. The van der Waals surface area contributed by atoms with Gasteiger partial charge in [0.15, 0.2) is 6.61 Å². The normalized spacial score (nSPS) is 10.7. The van der Waals surface area contributed by atoms with Gasteiger partial charge in [-0.15, -0.1) is 0 Å². The zero-order valence-electron chi connectivity index (χ0n) is 16.2. The van der Waals surface area contributed by atoms with E-state index >= 15 is 0 Å². The van der Waals surface area contributed by atoms with E-state index in [1.165, 1.54) is 4.68 Å². The predicted octanol–water partition coefficient (Wildman–Crippen LogP) is 2.54. The van der Waals surface area contributed by atoms with Crippen LogP contribution in [0, 0.1) is 0 Å². The van der Waals surface area contributed by atoms with Crippen molar-refractivity contribution in [3.8, 4) is 5.75 Å². The van der Waals surface area contributed by atoms with Crippen LogP contribution in [-0.2, 0) is 17.9 Å². The van der Waals surface area contributed by atoms with Crippen LogP contribution in [0.1, 0.15) is 11.3 Å². The van der Waals surface area contributed by atoms with E-state index in [4.69, 9.17) is 4.74 Å². The van der Waals surface area contributed by atoms with Crippen molar-refractivity contribution < 1.29 is 9.53 Å². The Balaban J connectivity index is 1.53. The number of amides is 1. The van der Waals surface area contributed by atoms with Crippen molar-refractivity contribution in [1.82, 2.24) is 20.1 Å². The molecule has 0 atom stereocenters. The molecule has 0 fully saturated rings. The SMILES string of the molecule is O=C(COc1ccccc1)NCc1nn(Cc2cccnc2)c(=O)c2ccccc12. The van der Waals surface area contributed by atoms with Crippen LogP contribution in [0.2, 0.25) is 0 Å². The lowest BCUT2D eigenvalue weighted by molar-refractivity contribution is -0.123. The number of carbonyl (C=O) groups is 1. The third kappa shape index (κ3) is 4.52. The van der Waals surface area contributed by atoms with Gasteiger partial charge in [-0.25, -0.2) is 4.68 Å². The summed E-state index contributed by atoms with van der Waals surface area (Å²) in [4.78, 5) is 29.2. The molecule has 0 saturated heterocycles. The Kier molecular flexibility index (Phi) is 5.80. The van der Waals surface area contributed by atoms with Gasteiger partial charge in [0.05, 0.1) is 24.2 Å². The van der Waals surface area contributed by atoms with Gasteiger partial charge in [-0.05, 0) is 29.8 Å². The molecule has 2 aromatic heterocycles. The van der Waals surface area contributed by atoms with Crippen LogP contribution in [0.15, 0.2) is 83.9 Å². The van der Waals surface area contributed by atoms with Gasteiger partial charge in [0, 0.05) is 17.8 Å². The van der Waals surface area contributed by atoms with E-state index in [1.807, 2.05) is 48.5 Å². The second-order valence-electron chi connectivity index (χ2n) is 6.69. The maximum Gasteiger partial charge on any atom is 0.274 e. The molecule has 0 spiro atoms. The minimum atomic E-state index is -0.269. The molecule has 1 amide bonds. The lowest BCUT2D eigenvalue weighted by atomic mass is 10.1. The van der Waals surface area contributed by atoms with Gasteiger partial charge < -0.3 is 10.1 Å². The second kappa shape index (κ2) is 9.00. The molecule has 0 bridgehead atoms. The Morgan fingerprint density at radius 2 is 1.73 bits per heavy atom. The number of nitrogens with one attached hydrogen (secondary N) is 1. The molecule has 0 radical (unpaired) electrons. The Hall–Kier alpha value is -4.00. The van der Waals surface area contributed by atoms with Crippen molar-refractivity contribution in [3.05, 3.63) is 101 Å². The summed E-state index contributed by atoms with van der Waals surface area (Å²) in [5.41, 5.74) is 1.30. The molecule has 30 heavy (non-hydrogen) atoms. The number of rotatable bonds is 7. The average Bonchev–Trinajstić information content (AvgIpc) is 2.80. The molecule has 7 nitrogen and oxygen atoms in total. The Labute approximate surface area is 173 Å². The number of fused-ring (bicyclic) bond motifs is 1. The number of pyridine rings is 1. The Bertz CT molecular complexity index is 1210. The third-order valence-corrected chi connectivity index (χ3v) is 4.57. The smallest absolute Gasteiger partial charge is 0.274 e. The summed E-state index contributed by atoms with van der Waals surface area (Å²) >= 11 is 0. The number of para-hydroxylation sites is 1. The van der Waals surface area contributed by atoms with Crippen molar-refractivity contribution in [3.63, 3.8) is 0 Å². The molecular formula is C23H20N4O3. The molecule has 0 aliphatic carbocycles. The number of carbonyl (C=O) groups excluding carboxylic acids is 1. The molecular weight excluding hydrogens is 380 g/mol. The summed E-state index contributed by atoms with van der Waals surface area (Å²) in [6, 6.07) is 20.1. The Morgan fingerprint density at radius 3 is 2.50 bits per heavy atom. The van der Waals surface area contributed by atoms with E-state index in [2.05, 4.69) is 15.4 Å². The second-order valence-corrected chi connectivity index (χ2v) is 6.69. The predicted molar refractivity (Wildman–Crippen MR) is 113 cm³/mol. The van der Waals surface area contributed by atoms with E-state index in [9.17, 15) is 9.59 Å². The molecule has 4 rings (SSSR count). The zero-order chi connectivity index (χ0) is 20.8. The van der Waals surface area contributed by atoms with Gasteiger partial charge in [0.2, 0.25) is 0 Å². The van der Waals surface area contributed by atoms with Gasteiger partial charge in [0.25, 0.3) is 11.5 Å². The van der Waals surface area contributed by atoms with E-state index < -0.39 is 0 Å². The van der Waals surface area contributed by atoms with Crippen LogP contribution in [-0.4, -0.2) is 27.3 Å². The van der Waals surface area contributed by atoms with E-state index in [1.54, 1.807) is 30.6 Å². The van der Waals surface area contributed by atoms with Crippen LogP contribution < -0.4 is 15.6 Å². The fraction of sp³-hybridized carbons (Fsp3) is 0.130. The molecule has 0 aliphatic heterocycles. The first kappa shape index (κ1) is 19.3. The minimum absolute atomic E-state index is 0.0999. The van der Waals surface area contributed by atoms with Gasteiger partial charge in [0.1, 0.15) is 5.75 Å². The van der Waals surface area contributed by atoms with Crippen LogP contribution in [0.5, 0.6) is 5.75 Å². The summed E-state index contributed by atoms with van der Waals surface area (Å²) < 4.78 is 6.88. The summed E-state index contributed by atoms with van der Waals surface area (Å²) in [5.74, 6) is 0.357. The van der Waals surface area contributed by atoms with E-state index in [-0.39, 0.29) is 24.6 Å². The highest BCUT2D eigenvalue weighted by Crippen LogP contribution is 2.14. The fourth-order valence-electron chi connectivity index (χ4n) is 3.11. The highest BCUT2D eigenvalue weighted by atomic mass is 16.5. The molecule has 0 saturated carbocycles. The maximum atomic E-state index is 12.9. The van der Waals surface area contributed by atoms with Gasteiger partial charge in [-0.2, -0.15) is 5.10 Å². The van der Waals surface area contributed by atoms with Gasteiger partial charge in [-0.1, -0.05) is 42.5 Å². The van der Waals surface area contributed by atoms with Crippen LogP contribution in [0.25, 0.3) is 10.8 Å². The van der Waals surface area contributed by atoms with Gasteiger partial charge >= 0.3 is 0 Å². The lowest BCUT2D eigenvalue weighted by Crippen LogP contribution is -2.31. The first-order valence-electron chi connectivity index (χ1n) is 9.53. The molecule has 1 N–H and O–H groups in total. The average molecular weight is 400 g/mol. The summed E-state index contributed by atoms with van der Waals surface area (Å²) in [6.45, 7) is 0.387. The van der Waals surface area contributed by atoms with E-state index in [0.29, 0.717) is 28.8 Å². The van der Waals surface area contributed by atoms with Crippen molar-refractivity contribution >= 4 is 16.7 Å². The molecule has 7 heteroatoms. The molecule has 2 heterocycles. The molecule has 150 valence electrons. The standard InChI is InChI=1S/C23H20N4O3/c28-22(16-30-18-8-2-1-3-9-18)25-14-21-19-10-4-5-11-20(19)23(29)27(26-21)15-17-7-6-12-24-13-17/h1-13H,14-16H2,(H,25,28). The third-order valence-electron chi connectivity index (χ3n) is 4.57. The maximum absolute atomic E-state index is 12.9. The minimum Gasteiger partial charge on any atom is -0.484 e. The fourth-order valence-corrected chi connectivity index (χ4v) is 3.11. The molecule has 0 aliphatic rings. The number of aromatic nitrogens is 3. The van der Waals surface area contributed by atoms with Crippen LogP contribution >= 0.6 is 0 Å². The summed E-state index contributed by atoms with van der Waals surface area (Å²) in [5, 5.41) is 8.60. The highest BCUT2D eigenvalue weighted by molar-refractivity contribution is 5.84. The zero-order valence-corrected chi connectivity index (χ0v) is 16.2. The van der Waals surface area contributed by atoms with Crippen molar-refractivity contribution in [1.29, 1.82) is 0 Å². The van der Waals surface area contributed by atoms with Gasteiger partial charge in [-0.3, -0.25) is 14.6 Å². The number of hydrogen-bond acceptors (Lipinski definition) is 5. The number of nitrogens with zero attached hydrogens (tertiary/aromatic N) is 3. The van der Waals surface area contributed by atoms with Crippen molar-refractivity contribution in [2.45, 2.75) is 13.1 Å². The van der Waals surface area contributed by atoms with Crippen LogP contribution in [0.4, 0.5) is 0 Å². The lowest BCUT2D eigenvalue weighted by Gasteiger charge is -2.12. The summed E-state index contributed by atoms with van der Waals surface area (Å²) in [7, 11) is 0. The topological polar surface area (TPSA) is 86.1 Å². The van der Waals surface area contributed by atoms with Crippen LogP contribution in [0.3, 0.4) is 0 Å². The number of hydrogen-bond donors (Lipinski definition) is 1. The number of ether oxygens (including phenoxy) is 1.